The van der Waals surface area contributed by atoms with Crippen LogP contribution in [0.5, 0.6) is 5.75 Å². The summed E-state index contributed by atoms with van der Waals surface area (Å²) >= 11 is 6.20. The van der Waals surface area contributed by atoms with Crippen LogP contribution in [0.4, 0.5) is 0 Å². The van der Waals surface area contributed by atoms with E-state index < -0.39 is 0 Å². The van der Waals surface area contributed by atoms with Crippen molar-refractivity contribution in [2.45, 2.75) is 19.8 Å². The molecular weight excluding hydrogens is 260 g/mol. The molecule has 0 atom stereocenters. The van der Waals surface area contributed by atoms with Gasteiger partial charge in [0, 0.05) is 31.2 Å². The molecule has 1 aliphatic rings. The average Bonchev–Trinajstić information content (AvgIpc) is 2.43. The number of aryl methyl sites for hydroxylation is 2. The van der Waals surface area contributed by atoms with Crippen molar-refractivity contribution in [3.05, 3.63) is 28.3 Å². The molecule has 2 rings (SSSR count). The van der Waals surface area contributed by atoms with Crippen molar-refractivity contribution in [3.8, 4) is 5.75 Å². The Hall–Kier alpha value is -0.770. The molecule has 1 aromatic carbocycles. The molecule has 0 unspecified atom stereocenters. The predicted molar refractivity (Wildman–Crippen MR) is 80.4 cm³/mol. The summed E-state index contributed by atoms with van der Waals surface area (Å²) in [5, 5.41) is 4.21. The molecule has 1 N–H and O–H groups in total. The van der Waals surface area contributed by atoms with Gasteiger partial charge in [-0.25, -0.2) is 0 Å². The molecule has 0 amide bonds. The number of halogens is 1. The Morgan fingerprint density at radius 1 is 1.32 bits per heavy atom. The van der Waals surface area contributed by atoms with E-state index in [1.54, 1.807) is 7.11 Å². The van der Waals surface area contributed by atoms with Gasteiger partial charge in [-0.15, -0.1) is 0 Å². The Morgan fingerprint density at radius 2 is 2.05 bits per heavy atom. The molecule has 0 spiro atoms. The lowest BCUT2D eigenvalue weighted by Gasteiger charge is -2.27. The molecule has 0 aliphatic carbocycles. The van der Waals surface area contributed by atoms with Crippen molar-refractivity contribution in [1.82, 2.24) is 10.2 Å². The second-order valence-electron chi connectivity index (χ2n) is 5.11. The Bertz CT molecular complexity index is 417. The number of rotatable bonds is 5. The van der Waals surface area contributed by atoms with Gasteiger partial charge in [0.15, 0.2) is 0 Å². The number of hydrogen-bond acceptors (Lipinski definition) is 3. The molecule has 19 heavy (non-hydrogen) atoms. The molecular formula is C15H23ClN2O. The van der Waals surface area contributed by atoms with Crippen molar-refractivity contribution >= 4 is 11.6 Å². The maximum atomic E-state index is 6.20. The third-order valence-electron chi connectivity index (χ3n) is 3.69. The minimum absolute atomic E-state index is 0.831. The zero-order chi connectivity index (χ0) is 13.7. The SMILES string of the molecule is COc1cc(C)c(Cl)cc1CCCN1CCNCC1. The van der Waals surface area contributed by atoms with Crippen LogP contribution in [0.15, 0.2) is 12.1 Å². The van der Waals surface area contributed by atoms with Gasteiger partial charge in [0.2, 0.25) is 0 Å². The molecule has 1 fully saturated rings. The molecule has 3 nitrogen and oxygen atoms in total. The highest BCUT2D eigenvalue weighted by Crippen LogP contribution is 2.27. The number of nitrogens with zero attached hydrogens (tertiary/aromatic N) is 1. The van der Waals surface area contributed by atoms with E-state index in [-0.39, 0.29) is 0 Å². The van der Waals surface area contributed by atoms with E-state index in [1.165, 1.54) is 5.56 Å². The van der Waals surface area contributed by atoms with Crippen molar-refractivity contribution in [1.29, 1.82) is 0 Å². The van der Waals surface area contributed by atoms with Gasteiger partial charge >= 0.3 is 0 Å². The monoisotopic (exact) mass is 282 g/mol. The average molecular weight is 283 g/mol. The molecule has 106 valence electrons. The molecule has 0 radical (unpaired) electrons. The third kappa shape index (κ3) is 4.10. The van der Waals surface area contributed by atoms with Crippen LogP contribution in [0, 0.1) is 6.92 Å². The smallest absolute Gasteiger partial charge is 0.122 e. The fraction of sp³-hybridized carbons (Fsp3) is 0.600. The summed E-state index contributed by atoms with van der Waals surface area (Å²) in [5.41, 5.74) is 2.29. The van der Waals surface area contributed by atoms with Gasteiger partial charge < -0.3 is 15.0 Å². The Morgan fingerprint density at radius 3 is 2.74 bits per heavy atom. The summed E-state index contributed by atoms with van der Waals surface area (Å²) < 4.78 is 5.44. The number of methoxy groups -OCH3 is 1. The lowest BCUT2D eigenvalue weighted by atomic mass is 10.1. The van der Waals surface area contributed by atoms with Crippen LogP contribution in [0.2, 0.25) is 5.02 Å². The highest BCUT2D eigenvalue weighted by atomic mass is 35.5. The Labute approximate surface area is 120 Å². The fourth-order valence-corrected chi connectivity index (χ4v) is 2.70. The van der Waals surface area contributed by atoms with Gasteiger partial charge in [0.05, 0.1) is 7.11 Å². The third-order valence-corrected chi connectivity index (χ3v) is 4.10. The predicted octanol–water partition coefficient (Wildman–Crippen LogP) is 2.49. The largest absolute Gasteiger partial charge is 0.496 e. The van der Waals surface area contributed by atoms with Crippen molar-refractivity contribution in [2.75, 3.05) is 39.8 Å². The van der Waals surface area contributed by atoms with E-state index in [4.69, 9.17) is 16.3 Å². The maximum absolute atomic E-state index is 6.20. The zero-order valence-electron chi connectivity index (χ0n) is 11.8. The summed E-state index contributed by atoms with van der Waals surface area (Å²) in [6, 6.07) is 4.08. The van der Waals surface area contributed by atoms with E-state index >= 15 is 0 Å². The van der Waals surface area contributed by atoms with Gasteiger partial charge in [-0.1, -0.05) is 11.6 Å². The summed E-state index contributed by atoms with van der Waals surface area (Å²) in [6.45, 7) is 7.70. The number of piperazine rings is 1. The van der Waals surface area contributed by atoms with Crippen LogP contribution in [0.3, 0.4) is 0 Å². The first-order chi connectivity index (χ1) is 9.20. The highest BCUT2D eigenvalue weighted by molar-refractivity contribution is 6.31. The molecule has 4 heteroatoms. The van der Waals surface area contributed by atoms with Crippen molar-refractivity contribution < 1.29 is 4.74 Å². The van der Waals surface area contributed by atoms with Gasteiger partial charge in [-0.2, -0.15) is 0 Å². The first-order valence-corrected chi connectivity index (χ1v) is 7.34. The van der Waals surface area contributed by atoms with Crippen molar-refractivity contribution in [3.63, 3.8) is 0 Å². The second-order valence-corrected chi connectivity index (χ2v) is 5.52. The normalized spacial score (nSPS) is 16.6. The molecule has 1 aromatic rings. The first kappa shape index (κ1) is 14.6. The first-order valence-electron chi connectivity index (χ1n) is 6.97. The number of hydrogen-bond donors (Lipinski definition) is 1. The summed E-state index contributed by atoms with van der Waals surface area (Å²) in [4.78, 5) is 2.51. The van der Waals surface area contributed by atoms with Crippen LogP contribution in [-0.4, -0.2) is 44.7 Å². The van der Waals surface area contributed by atoms with Gasteiger partial charge in [-0.3, -0.25) is 0 Å². The molecule has 1 saturated heterocycles. The lowest BCUT2D eigenvalue weighted by molar-refractivity contribution is 0.238. The van der Waals surface area contributed by atoms with Crippen molar-refractivity contribution in [2.24, 2.45) is 0 Å². The van der Waals surface area contributed by atoms with Gasteiger partial charge in [-0.05, 0) is 49.6 Å². The van der Waals surface area contributed by atoms with E-state index in [0.717, 1.165) is 61.9 Å². The summed E-state index contributed by atoms with van der Waals surface area (Å²) in [7, 11) is 1.72. The lowest BCUT2D eigenvalue weighted by Crippen LogP contribution is -2.43. The fourth-order valence-electron chi connectivity index (χ4n) is 2.51. The number of nitrogens with one attached hydrogen (secondary N) is 1. The Kier molecular flexibility index (Phi) is 5.49. The highest BCUT2D eigenvalue weighted by Gasteiger charge is 2.10. The number of benzene rings is 1. The van der Waals surface area contributed by atoms with E-state index in [9.17, 15) is 0 Å². The van der Waals surface area contributed by atoms with E-state index in [1.807, 2.05) is 19.1 Å². The molecule has 0 saturated carbocycles. The van der Waals surface area contributed by atoms with Crippen LogP contribution < -0.4 is 10.1 Å². The maximum Gasteiger partial charge on any atom is 0.122 e. The van der Waals surface area contributed by atoms with Crippen LogP contribution in [0.1, 0.15) is 17.5 Å². The summed E-state index contributed by atoms with van der Waals surface area (Å²) in [6.07, 6.45) is 2.17. The minimum atomic E-state index is 0.831. The van der Waals surface area contributed by atoms with E-state index in [2.05, 4.69) is 10.2 Å². The molecule has 0 bridgehead atoms. The quantitative estimate of drug-likeness (QED) is 0.898. The van der Waals surface area contributed by atoms with Gasteiger partial charge in [0.1, 0.15) is 5.75 Å². The molecule has 0 aromatic heterocycles. The minimum Gasteiger partial charge on any atom is -0.496 e. The summed E-state index contributed by atoms with van der Waals surface area (Å²) in [5.74, 6) is 0.960. The van der Waals surface area contributed by atoms with Crippen LogP contribution in [-0.2, 0) is 6.42 Å². The number of ether oxygens (including phenoxy) is 1. The molecule has 1 aliphatic heterocycles. The topological polar surface area (TPSA) is 24.5 Å². The standard InChI is InChI=1S/C15H23ClN2O/c1-12-10-15(19-2)13(11-14(12)16)4-3-7-18-8-5-17-6-9-18/h10-11,17H,3-9H2,1-2H3. The van der Waals surface area contributed by atoms with Gasteiger partial charge in [0.25, 0.3) is 0 Å². The van der Waals surface area contributed by atoms with Crippen LogP contribution in [0.25, 0.3) is 0 Å². The Balaban J connectivity index is 1.89. The second kappa shape index (κ2) is 7.13. The van der Waals surface area contributed by atoms with E-state index in [0.29, 0.717) is 0 Å². The zero-order valence-corrected chi connectivity index (χ0v) is 12.6. The molecule has 1 heterocycles. The van der Waals surface area contributed by atoms with Crippen LogP contribution >= 0.6 is 11.6 Å².